The number of aryl methyl sites for hydroxylation is 1. The minimum absolute atomic E-state index is 0.000403. The largest absolute Gasteiger partial charge is 0.504 e. The van der Waals surface area contributed by atoms with Gasteiger partial charge in [0.25, 0.3) is 5.56 Å². The Hall–Kier alpha value is -2.94. The highest BCUT2D eigenvalue weighted by Gasteiger charge is 2.33. The Morgan fingerprint density at radius 3 is 2.85 bits per heavy atom. The fourth-order valence-electron chi connectivity index (χ4n) is 4.72. The van der Waals surface area contributed by atoms with Gasteiger partial charge >= 0.3 is 0 Å². The Morgan fingerprint density at radius 2 is 2.06 bits per heavy atom. The number of halogens is 1. The molecule has 0 saturated carbocycles. The summed E-state index contributed by atoms with van der Waals surface area (Å²) >= 11 is 6.46. The quantitative estimate of drug-likeness (QED) is 0.396. The predicted octanol–water partition coefficient (Wildman–Crippen LogP) is 4.86. The molecule has 1 aliphatic heterocycles. The Balaban J connectivity index is 1.62. The van der Waals surface area contributed by atoms with Crippen LogP contribution >= 0.6 is 38.6 Å². The molecule has 0 spiro atoms. The molecule has 0 radical (unpaired) electrons. The van der Waals surface area contributed by atoms with Crippen LogP contribution in [0.15, 0.2) is 73.7 Å². The van der Waals surface area contributed by atoms with Gasteiger partial charge in [-0.3, -0.25) is 9.36 Å². The number of methoxy groups -OCH3 is 1. The summed E-state index contributed by atoms with van der Waals surface area (Å²) in [6.45, 7) is 0. The first kappa shape index (κ1) is 21.6. The van der Waals surface area contributed by atoms with Crippen molar-refractivity contribution in [2.75, 3.05) is 7.11 Å². The summed E-state index contributed by atoms with van der Waals surface area (Å²) in [5.41, 5.74) is 5.02. The van der Waals surface area contributed by atoms with E-state index in [2.05, 4.69) is 40.2 Å². The van der Waals surface area contributed by atoms with E-state index in [0.29, 0.717) is 20.6 Å². The SMILES string of the molecule is COc1cc(Br)cc(/C=c2/sc3n(c2=O)[C@H](c2cccs2)C2=C(N=3)c3ccccc3CC2)c1O. The van der Waals surface area contributed by atoms with Crippen molar-refractivity contribution in [1.29, 1.82) is 0 Å². The molecule has 0 bridgehead atoms. The van der Waals surface area contributed by atoms with E-state index in [1.807, 2.05) is 22.1 Å². The second-order valence-electron chi connectivity index (χ2n) is 8.18. The molecule has 2 aromatic carbocycles. The molecule has 0 fully saturated rings. The highest BCUT2D eigenvalue weighted by atomic mass is 79.9. The summed E-state index contributed by atoms with van der Waals surface area (Å²) in [7, 11) is 1.50. The first-order valence-electron chi connectivity index (χ1n) is 10.8. The molecule has 0 amide bonds. The zero-order valence-electron chi connectivity index (χ0n) is 18.1. The summed E-state index contributed by atoms with van der Waals surface area (Å²) in [5.74, 6) is 0.344. The van der Waals surface area contributed by atoms with E-state index in [1.54, 1.807) is 29.5 Å². The molecule has 170 valence electrons. The van der Waals surface area contributed by atoms with Gasteiger partial charge in [-0.1, -0.05) is 57.6 Å². The Labute approximate surface area is 211 Å². The molecule has 4 aromatic rings. The molecule has 5 nitrogen and oxygen atoms in total. The van der Waals surface area contributed by atoms with Gasteiger partial charge in [-0.15, -0.1) is 11.3 Å². The number of thiazole rings is 1. The number of hydrogen-bond donors (Lipinski definition) is 1. The second kappa shape index (κ2) is 8.37. The molecule has 1 N–H and O–H groups in total. The van der Waals surface area contributed by atoms with Crippen LogP contribution in [0.1, 0.15) is 34.0 Å². The van der Waals surface area contributed by atoms with Crippen molar-refractivity contribution in [1.82, 2.24) is 4.57 Å². The van der Waals surface area contributed by atoms with Crippen LogP contribution < -0.4 is 19.6 Å². The average molecular weight is 551 g/mol. The maximum atomic E-state index is 13.7. The summed E-state index contributed by atoms with van der Waals surface area (Å²) < 4.78 is 8.37. The zero-order chi connectivity index (χ0) is 23.4. The Morgan fingerprint density at radius 1 is 1.21 bits per heavy atom. The van der Waals surface area contributed by atoms with E-state index < -0.39 is 0 Å². The summed E-state index contributed by atoms with van der Waals surface area (Å²) in [4.78, 5) is 20.5. The Kier molecular flexibility index (Phi) is 5.32. The molecule has 2 aromatic heterocycles. The normalized spacial score (nSPS) is 17.1. The van der Waals surface area contributed by atoms with Crippen molar-refractivity contribution in [2.24, 2.45) is 4.99 Å². The van der Waals surface area contributed by atoms with Gasteiger partial charge in [-0.2, -0.15) is 0 Å². The van der Waals surface area contributed by atoms with Crippen LogP contribution in [0.5, 0.6) is 11.5 Å². The van der Waals surface area contributed by atoms with Crippen molar-refractivity contribution in [2.45, 2.75) is 18.9 Å². The van der Waals surface area contributed by atoms with Gasteiger partial charge < -0.3 is 9.84 Å². The van der Waals surface area contributed by atoms with Gasteiger partial charge in [0.1, 0.15) is 0 Å². The van der Waals surface area contributed by atoms with Gasteiger partial charge in [0.15, 0.2) is 16.3 Å². The molecule has 34 heavy (non-hydrogen) atoms. The molecule has 0 unspecified atom stereocenters. The zero-order valence-corrected chi connectivity index (χ0v) is 21.3. The van der Waals surface area contributed by atoms with Crippen molar-refractivity contribution >= 4 is 50.4 Å². The molecule has 1 atom stereocenters. The summed E-state index contributed by atoms with van der Waals surface area (Å²) in [5, 5.41) is 12.7. The number of phenols is 1. The minimum Gasteiger partial charge on any atom is -0.504 e. The second-order valence-corrected chi connectivity index (χ2v) is 11.1. The smallest absolute Gasteiger partial charge is 0.271 e. The first-order chi connectivity index (χ1) is 16.5. The fourth-order valence-corrected chi connectivity index (χ4v) is 7.01. The monoisotopic (exact) mass is 550 g/mol. The lowest BCUT2D eigenvalue weighted by Gasteiger charge is -2.30. The van der Waals surface area contributed by atoms with Crippen molar-refractivity contribution in [3.63, 3.8) is 0 Å². The molecule has 8 heteroatoms. The van der Waals surface area contributed by atoms with E-state index in [-0.39, 0.29) is 17.4 Å². The maximum absolute atomic E-state index is 13.7. The number of nitrogens with zero attached hydrogens (tertiary/aromatic N) is 2. The van der Waals surface area contributed by atoms with Gasteiger partial charge in [0.2, 0.25) is 0 Å². The summed E-state index contributed by atoms with van der Waals surface area (Å²) in [6.07, 6.45) is 3.52. The number of rotatable bonds is 3. The number of fused-ring (bicyclic) bond motifs is 3. The number of allylic oxidation sites excluding steroid dienone is 1. The Bertz CT molecular complexity index is 1650. The fraction of sp³-hybridized carbons (Fsp3) is 0.154. The standard InChI is InChI=1S/C26H19BrN2O3S2/c1-32-19-13-16(27)11-15(24(19)30)12-21-25(31)29-23(20-7-4-10-33-20)18-9-8-14-5-2-3-6-17(14)22(18)28-26(29)34-21/h2-7,10-13,23,30H,8-9H2,1H3/b21-12+/t23-/m0/s1. The number of thiophene rings is 1. The third-order valence-electron chi connectivity index (χ3n) is 6.26. The first-order valence-corrected chi connectivity index (χ1v) is 13.3. The average Bonchev–Trinajstić information content (AvgIpc) is 3.48. The van der Waals surface area contributed by atoms with Gasteiger partial charge in [0, 0.05) is 20.5 Å². The lowest BCUT2D eigenvalue weighted by atomic mass is 9.85. The topological polar surface area (TPSA) is 63.8 Å². The van der Waals surface area contributed by atoms with Crippen LogP contribution in [0, 0.1) is 0 Å². The third-order valence-corrected chi connectivity index (χ3v) is 8.63. The minimum atomic E-state index is -0.174. The van der Waals surface area contributed by atoms with E-state index in [9.17, 15) is 9.90 Å². The third kappa shape index (κ3) is 3.40. The molecular formula is C26H19BrN2O3S2. The highest BCUT2D eigenvalue weighted by molar-refractivity contribution is 9.10. The molecular weight excluding hydrogens is 532 g/mol. The maximum Gasteiger partial charge on any atom is 0.271 e. The molecule has 1 aliphatic carbocycles. The summed E-state index contributed by atoms with van der Waals surface area (Å²) in [6, 6.07) is 15.8. The number of benzene rings is 2. The van der Waals surface area contributed by atoms with E-state index in [1.165, 1.54) is 29.6 Å². The number of phenolic OH excluding ortho intramolecular Hbond substituents is 1. The number of ether oxygens (including phenoxy) is 1. The molecule has 0 saturated heterocycles. The van der Waals surface area contributed by atoms with E-state index in [0.717, 1.165) is 33.5 Å². The van der Waals surface area contributed by atoms with E-state index >= 15 is 0 Å². The van der Waals surface area contributed by atoms with Crippen LogP contribution in [0.4, 0.5) is 0 Å². The van der Waals surface area contributed by atoms with Crippen LogP contribution in [0.3, 0.4) is 0 Å². The lowest BCUT2D eigenvalue weighted by Crippen LogP contribution is -2.38. The predicted molar refractivity (Wildman–Crippen MR) is 139 cm³/mol. The number of aromatic nitrogens is 1. The van der Waals surface area contributed by atoms with Crippen LogP contribution in [-0.4, -0.2) is 16.8 Å². The van der Waals surface area contributed by atoms with Crippen molar-refractivity contribution < 1.29 is 9.84 Å². The van der Waals surface area contributed by atoms with Gasteiger partial charge in [-0.25, -0.2) is 4.99 Å². The lowest BCUT2D eigenvalue weighted by molar-refractivity contribution is 0.372. The van der Waals surface area contributed by atoms with Crippen molar-refractivity contribution in [3.8, 4) is 11.5 Å². The molecule has 3 heterocycles. The van der Waals surface area contributed by atoms with Gasteiger partial charge in [0.05, 0.1) is 23.4 Å². The van der Waals surface area contributed by atoms with Crippen LogP contribution in [0.2, 0.25) is 0 Å². The molecule has 2 aliphatic rings. The number of aromatic hydroxyl groups is 1. The van der Waals surface area contributed by atoms with Gasteiger partial charge in [-0.05, 0) is 53.6 Å². The highest BCUT2D eigenvalue weighted by Crippen LogP contribution is 2.42. The van der Waals surface area contributed by atoms with Crippen molar-refractivity contribution in [3.05, 3.63) is 105 Å². The van der Waals surface area contributed by atoms with Crippen LogP contribution in [0.25, 0.3) is 11.8 Å². The number of hydrogen-bond acceptors (Lipinski definition) is 6. The van der Waals surface area contributed by atoms with Crippen LogP contribution in [-0.2, 0) is 6.42 Å². The van der Waals surface area contributed by atoms with E-state index in [4.69, 9.17) is 9.73 Å². The molecule has 6 rings (SSSR count).